The number of aryl methyl sites for hydroxylation is 2. The van der Waals surface area contributed by atoms with Crippen molar-refractivity contribution in [3.05, 3.63) is 64.5 Å². The Labute approximate surface area is 118 Å². The molecule has 0 aliphatic heterocycles. The van der Waals surface area contributed by atoms with Gasteiger partial charge in [-0.15, -0.1) is 0 Å². The van der Waals surface area contributed by atoms with E-state index in [4.69, 9.17) is 5.73 Å². The van der Waals surface area contributed by atoms with Gasteiger partial charge in [-0.1, -0.05) is 26.0 Å². The maximum Gasteiger partial charge on any atom is 0.193 e. The molecule has 0 heterocycles. The van der Waals surface area contributed by atoms with Gasteiger partial charge in [0.1, 0.15) is 5.82 Å². The van der Waals surface area contributed by atoms with E-state index in [1.807, 2.05) is 32.0 Å². The number of anilines is 1. The third-order valence-electron chi connectivity index (χ3n) is 3.39. The molecular formula is C17H18FNO. The van der Waals surface area contributed by atoms with E-state index in [9.17, 15) is 9.18 Å². The molecule has 0 fully saturated rings. The second-order valence-electron chi connectivity index (χ2n) is 4.80. The highest BCUT2D eigenvalue weighted by atomic mass is 19.1. The van der Waals surface area contributed by atoms with Gasteiger partial charge in [-0.3, -0.25) is 4.79 Å². The fourth-order valence-corrected chi connectivity index (χ4v) is 2.26. The minimum atomic E-state index is -0.488. The van der Waals surface area contributed by atoms with E-state index < -0.39 is 5.82 Å². The summed E-state index contributed by atoms with van der Waals surface area (Å²) in [7, 11) is 0. The summed E-state index contributed by atoms with van der Waals surface area (Å²) in [5, 5.41) is 0. The molecule has 0 amide bonds. The first-order valence-electron chi connectivity index (χ1n) is 6.77. The molecule has 2 rings (SSSR count). The number of halogens is 1. The number of benzene rings is 2. The molecule has 2 aromatic carbocycles. The lowest BCUT2D eigenvalue weighted by Gasteiger charge is -2.10. The van der Waals surface area contributed by atoms with Crippen LogP contribution in [0.2, 0.25) is 0 Å². The van der Waals surface area contributed by atoms with Crippen molar-refractivity contribution in [1.82, 2.24) is 0 Å². The molecule has 104 valence electrons. The number of carbonyl (C=O) groups is 1. The van der Waals surface area contributed by atoms with Crippen LogP contribution in [0.25, 0.3) is 0 Å². The Bertz CT molecular complexity index is 629. The Hall–Kier alpha value is -2.16. The lowest BCUT2D eigenvalue weighted by molar-refractivity contribution is 0.103. The predicted molar refractivity (Wildman–Crippen MR) is 79.4 cm³/mol. The Morgan fingerprint density at radius 1 is 1.10 bits per heavy atom. The van der Waals surface area contributed by atoms with Gasteiger partial charge in [-0.2, -0.15) is 0 Å². The van der Waals surface area contributed by atoms with E-state index in [1.54, 1.807) is 0 Å². The zero-order valence-electron chi connectivity index (χ0n) is 11.7. The maximum atomic E-state index is 13.4. The van der Waals surface area contributed by atoms with Gasteiger partial charge in [0.15, 0.2) is 5.78 Å². The molecular weight excluding hydrogens is 253 g/mol. The van der Waals surface area contributed by atoms with Crippen LogP contribution in [0, 0.1) is 5.82 Å². The third kappa shape index (κ3) is 2.87. The van der Waals surface area contributed by atoms with Crippen LogP contribution in [0.1, 0.15) is 40.9 Å². The highest BCUT2D eigenvalue weighted by molar-refractivity contribution is 6.10. The summed E-state index contributed by atoms with van der Waals surface area (Å²) in [5.74, 6) is -0.665. The summed E-state index contributed by atoms with van der Waals surface area (Å²) in [6, 6.07) is 9.84. The van der Waals surface area contributed by atoms with E-state index in [2.05, 4.69) is 0 Å². The van der Waals surface area contributed by atoms with Gasteiger partial charge in [-0.05, 0) is 48.2 Å². The van der Waals surface area contributed by atoms with Crippen LogP contribution in [0.4, 0.5) is 10.1 Å². The quantitative estimate of drug-likeness (QED) is 0.679. The molecule has 0 bridgehead atoms. The third-order valence-corrected chi connectivity index (χ3v) is 3.39. The first kappa shape index (κ1) is 14.3. The van der Waals surface area contributed by atoms with E-state index in [1.165, 1.54) is 18.2 Å². The number of carbonyl (C=O) groups excluding carboxylic acids is 1. The molecule has 0 atom stereocenters. The zero-order valence-corrected chi connectivity index (χ0v) is 11.7. The molecule has 2 nitrogen and oxygen atoms in total. The highest BCUT2D eigenvalue weighted by Crippen LogP contribution is 2.20. The molecule has 0 aliphatic rings. The minimum absolute atomic E-state index is 0.177. The lowest BCUT2D eigenvalue weighted by atomic mass is 9.94. The molecule has 3 heteroatoms. The minimum Gasteiger partial charge on any atom is -0.399 e. The van der Waals surface area contributed by atoms with Crippen molar-refractivity contribution in [1.29, 1.82) is 0 Å². The fraction of sp³-hybridized carbons (Fsp3) is 0.235. The number of rotatable bonds is 4. The summed E-state index contributed by atoms with van der Waals surface area (Å²) in [4.78, 5) is 12.6. The van der Waals surface area contributed by atoms with Crippen molar-refractivity contribution in [2.45, 2.75) is 26.7 Å². The van der Waals surface area contributed by atoms with Crippen LogP contribution in [0.15, 0.2) is 36.4 Å². The Balaban J connectivity index is 2.51. The smallest absolute Gasteiger partial charge is 0.193 e. The van der Waals surface area contributed by atoms with Gasteiger partial charge in [0.25, 0.3) is 0 Å². The molecule has 0 saturated heterocycles. The summed E-state index contributed by atoms with van der Waals surface area (Å²) >= 11 is 0. The highest BCUT2D eigenvalue weighted by Gasteiger charge is 2.15. The molecule has 0 spiro atoms. The average Bonchev–Trinajstić information content (AvgIpc) is 2.44. The average molecular weight is 271 g/mol. The van der Waals surface area contributed by atoms with Crippen LogP contribution < -0.4 is 5.73 Å². The molecule has 0 saturated carbocycles. The molecule has 0 radical (unpaired) electrons. The van der Waals surface area contributed by atoms with Gasteiger partial charge < -0.3 is 5.73 Å². The number of nitrogen functional groups attached to an aromatic ring is 1. The van der Waals surface area contributed by atoms with E-state index in [-0.39, 0.29) is 11.5 Å². The number of nitrogens with two attached hydrogens (primary N) is 1. The van der Waals surface area contributed by atoms with Crippen LogP contribution in [-0.4, -0.2) is 5.78 Å². The zero-order chi connectivity index (χ0) is 14.7. The van der Waals surface area contributed by atoms with Gasteiger partial charge >= 0.3 is 0 Å². The van der Waals surface area contributed by atoms with E-state index in [0.29, 0.717) is 11.1 Å². The van der Waals surface area contributed by atoms with Crippen LogP contribution in [-0.2, 0) is 12.8 Å². The number of hydrogen-bond acceptors (Lipinski definition) is 2. The molecule has 0 unspecified atom stereocenters. The predicted octanol–water partition coefficient (Wildman–Crippen LogP) is 3.76. The maximum absolute atomic E-state index is 13.4. The van der Waals surface area contributed by atoms with Gasteiger partial charge in [0.2, 0.25) is 0 Å². The molecule has 2 N–H and O–H groups in total. The lowest BCUT2D eigenvalue weighted by Crippen LogP contribution is -2.07. The van der Waals surface area contributed by atoms with Crippen molar-refractivity contribution in [2.24, 2.45) is 0 Å². The SMILES string of the molecule is CCc1ccc(CC)c(C(=O)c2cc(N)cc(F)c2)c1. The fourth-order valence-electron chi connectivity index (χ4n) is 2.26. The first-order chi connectivity index (χ1) is 9.55. The standard InChI is InChI=1S/C17H18FNO/c1-3-11-5-6-12(4-2)16(7-11)17(20)13-8-14(18)10-15(19)9-13/h5-10H,3-4,19H2,1-2H3. The second kappa shape index (κ2) is 5.87. The number of hydrogen-bond donors (Lipinski definition) is 1. The molecule has 0 aliphatic carbocycles. The Morgan fingerprint density at radius 3 is 2.45 bits per heavy atom. The first-order valence-corrected chi connectivity index (χ1v) is 6.77. The summed E-state index contributed by atoms with van der Waals surface area (Å²) in [6.07, 6.45) is 1.62. The topological polar surface area (TPSA) is 43.1 Å². The Kier molecular flexibility index (Phi) is 4.18. The number of ketones is 1. The Morgan fingerprint density at radius 2 is 1.85 bits per heavy atom. The largest absolute Gasteiger partial charge is 0.399 e. The van der Waals surface area contributed by atoms with E-state index >= 15 is 0 Å². The van der Waals surface area contributed by atoms with Crippen molar-refractivity contribution < 1.29 is 9.18 Å². The van der Waals surface area contributed by atoms with E-state index in [0.717, 1.165) is 24.0 Å². The van der Waals surface area contributed by atoms with Crippen LogP contribution >= 0.6 is 0 Å². The molecule has 2 aromatic rings. The monoisotopic (exact) mass is 271 g/mol. The second-order valence-corrected chi connectivity index (χ2v) is 4.80. The van der Waals surface area contributed by atoms with Crippen molar-refractivity contribution in [3.8, 4) is 0 Å². The van der Waals surface area contributed by atoms with Crippen molar-refractivity contribution >= 4 is 11.5 Å². The van der Waals surface area contributed by atoms with Gasteiger partial charge in [-0.25, -0.2) is 4.39 Å². The van der Waals surface area contributed by atoms with Gasteiger partial charge in [0.05, 0.1) is 0 Å². The van der Waals surface area contributed by atoms with Gasteiger partial charge in [0, 0.05) is 16.8 Å². The summed E-state index contributed by atoms with van der Waals surface area (Å²) in [6.45, 7) is 4.03. The molecule has 0 aromatic heterocycles. The molecule has 20 heavy (non-hydrogen) atoms. The van der Waals surface area contributed by atoms with Crippen molar-refractivity contribution in [3.63, 3.8) is 0 Å². The van der Waals surface area contributed by atoms with Crippen LogP contribution in [0.3, 0.4) is 0 Å². The normalized spacial score (nSPS) is 10.6. The summed E-state index contributed by atoms with van der Waals surface area (Å²) < 4.78 is 13.4. The van der Waals surface area contributed by atoms with Crippen LogP contribution in [0.5, 0.6) is 0 Å². The van der Waals surface area contributed by atoms with Crippen molar-refractivity contribution in [2.75, 3.05) is 5.73 Å². The summed E-state index contributed by atoms with van der Waals surface area (Å²) in [5.41, 5.74) is 8.86.